The van der Waals surface area contributed by atoms with Gasteiger partial charge >= 0.3 is 0 Å². The molecule has 0 bridgehead atoms. The number of halogens is 1. The predicted molar refractivity (Wildman–Crippen MR) is 98.4 cm³/mol. The highest BCUT2D eigenvalue weighted by Gasteiger charge is 2.17. The lowest BCUT2D eigenvalue weighted by Gasteiger charge is -2.31. The molecule has 1 amide bonds. The van der Waals surface area contributed by atoms with Crippen molar-refractivity contribution in [1.82, 2.24) is 15.2 Å². The number of aliphatic imine (C=N–C) groups is 1. The number of nitrogens with one attached hydrogen (secondary N) is 1. The van der Waals surface area contributed by atoms with Crippen molar-refractivity contribution in [3.05, 3.63) is 30.1 Å². The molecular weight excluding hydrogens is 393 g/mol. The number of amides is 1. The molecule has 0 saturated carbocycles. The third-order valence-electron chi connectivity index (χ3n) is 3.58. The molecule has 1 atom stereocenters. The molecule has 1 aliphatic heterocycles. The quantitative estimate of drug-likeness (QED) is 0.337. The molecule has 2 heterocycles. The highest BCUT2D eigenvalue weighted by Crippen LogP contribution is 2.14. The summed E-state index contributed by atoms with van der Waals surface area (Å²) in [6.07, 6.45) is 5.60. The first-order valence-electron chi connectivity index (χ1n) is 7.40. The zero-order valence-electron chi connectivity index (χ0n) is 12.9. The van der Waals surface area contributed by atoms with Crippen molar-refractivity contribution >= 4 is 35.8 Å². The molecule has 1 aromatic heterocycles. The van der Waals surface area contributed by atoms with E-state index in [0.29, 0.717) is 30.5 Å². The second-order valence-corrected chi connectivity index (χ2v) is 5.43. The van der Waals surface area contributed by atoms with Crippen LogP contribution >= 0.6 is 24.0 Å². The van der Waals surface area contributed by atoms with E-state index in [0.717, 1.165) is 19.5 Å². The number of nitrogens with two attached hydrogens (primary N) is 1. The Morgan fingerprint density at radius 3 is 3.09 bits per heavy atom. The first-order chi connectivity index (χ1) is 10.2. The lowest BCUT2D eigenvalue weighted by atomic mass is 10.0. The van der Waals surface area contributed by atoms with E-state index in [1.807, 2.05) is 0 Å². The van der Waals surface area contributed by atoms with E-state index in [-0.39, 0.29) is 29.9 Å². The van der Waals surface area contributed by atoms with Gasteiger partial charge in [0.05, 0.1) is 12.1 Å². The number of aromatic nitrogens is 1. The maximum Gasteiger partial charge on any atom is 0.252 e. The number of rotatable bonds is 4. The van der Waals surface area contributed by atoms with Crippen LogP contribution in [0.1, 0.15) is 30.1 Å². The topological polar surface area (TPSA) is 83.6 Å². The van der Waals surface area contributed by atoms with Gasteiger partial charge in [0.2, 0.25) is 0 Å². The van der Waals surface area contributed by atoms with Crippen molar-refractivity contribution in [3.63, 3.8) is 0 Å². The van der Waals surface area contributed by atoms with E-state index in [2.05, 4.69) is 27.1 Å². The number of guanidine groups is 1. The minimum Gasteiger partial charge on any atom is -0.370 e. The molecule has 0 aromatic carbocycles. The second-order valence-electron chi connectivity index (χ2n) is 5.43. The summed E-state index contributed by atoms with van der Waals surface area (Å²) in [5.41, 5.74) is 6.55. The SMILES string of the molecule is CC1CCCN(C(N)=NCCNC(=O)c2cccnc2)C1.I. The lowest BCUT2D eigenvalue weighted by Crippen LogP contribution is -2.43. The number of likely N-dealkylation sites (tertiary alicyclic amines) is 1. The van der Waals surface area contributed by atoms with Crippen LogP contribution in [0, 0.1) is 5.92 Å². The average molecular weight is 417 g/mol. The molecule has 0 spiro atoms. The molecule has 122 valence electrons. The van der Waals surface area contributed by atoms with Gasteiger partial charge in [-0.15, -0.1) is 24.0 Å². The molecule has 0 radical (unpaired) electrons. The predicted octanol–water partition coefficient (Wildman–Crippen LogP) is 1.48. The van der Waals surface area contributed by atoms with Crippen LogP contribution in [-0.4, -0.2) is 47.9 Å². The van der Waals surface area contributed by atoms with E-state index in [1.54, 1.807) is 24.5 Å². The summed E-state index contributed by atoms with van der Waals surface area (Å²) in [7, 11) is 0. The van der Waals surface area contributed by atoms with Crippen LogP contribution in [-0.2, 0) is 0 Å². The maximum atomic E-state index is 11.8. The van der Waals surface area contributed by atoms with E-state index < -0.39 is 0 Å². The summed E-state index contributed by atoms with van der Waals surface area (Å²) >= 11 is 0. The highest BCUT2D eigenvalue weighted by molar-refractivity contribution is 14.0. The molecule has 7 heteroatoms. The highest BCUT2D eigenvalue weighted by atomic mass is 127. The van der Waals surface area contributed by atoms with Gasteiger partial charge in [-0.3, -0.25) is 14.8 Å². The zero-order valence-corrected chi connectivity index (χ0v) is 15.2. The van der Waals surface area contributed by atoms with Crippen molar-refractivity contribution < 1.29 is 4.79 Å². The fourth-order valence-electron chi connectivity index (χ4n) is 2.44. The Morgan fingerprint density at radius 2 is 2.41 bits per heavy atom. The molecular formula is C15H24IN5O. The average Bonchev–Trinajstić information content (AvgIpc) is 2.52. The number of pyridine rings is 1. The van der Waals surface area contributed by atoms with Crippen molar-refractivity contribution in [3.8, 4) is 0 Å². The van der Waals surface area contributed by atoms with Gasteiger partial charge in [-0.05, 0) is 30.9 Å². The number of hydrogen-bond donors (Lipinski definition) is 2. The molecule has 1 aliphatic rings. The number of carbonyl (C=O) groups excluding carboxylic acids is 1. The first kappa shape index (κ1) is 18.7. The Kier molecular flexibility index (Phi) is 8.15. The fraction of sp³-hybridized carbons (Fsp3) is 0.533. The lowest BCUT2D eigenvalue weighted by molar-refractivity contribution is 0.0954. The Labute approximate surface area is 148 Å². The summed E-state index contributed by atoms with van der Waals surface area (Å²) in [6.45, 7) is 5.13. The van der Waals surface area contributed by atoms with Gasteiger partial charge in [0.1, 0.15) is 0 Å². The van der Waals surface area contributed by atoms with Crippen molar-refractivity contribution in [2.75, 3.05) is 26.2 Å². The van der Waals surface area contributed by atoms with Crippen molar-refractivity contribution in [2.45, 2.75) is 19.8 Å². The smallest absolute Gasteiger partial charge is 0.252 e. The Morgan fingerprint density at radius 1 is 1.59 bits per heavy atom. The molecule has 3 N–H and O–H groups in total. The van der Waals surface area contributed by atoms with Gasteiger partial charge in [0, 0.05) is 32.0 Å². The maximum absolute atomic E-state index is 11.8. The minimum atomic E-state index is -0.136. The fourth-order valence-corrected chi connectivity index (χ4v) is 2.44. The van der Waals surface area contributed by atoms with E-state index in [4.69, 9.17) is 5.73 Å². The summed E-state index contributed by atoms with van der Waals surface area (Å²) in [5, 5.41) is 2.81. The van der Waals surface area contributed by atoms with Crippen LogP contribution in [0.4, 0.5) is 0 Å². The molecule has 1 saturated heterocycles. The van der Waals surface area contributed by atoms with Crippen LogP contribution in [0.25, 0.3) is 0 Å². The van der Waals surface area contributed by atoms with Crippen LogP contribution < -0.4 is 11.1 Å². The third kappa shape index (κ3) is 5.78. The summed E-state index contributed by atoms with van der Waals surface area (Å²) in [4.78, 5) is 22.2. The monoisotopic (exact) mass is 417 g/mol. The van der Waals surface area contributed by atoms with Crippen molar-refractivity contribution in [2.24, 2.45) is 16.6 Å². The van der Waals surface area contributed by atoms with Crippen molar-refractivity contribution in [1.29, 1.82) is 0 Å². The Bertz CT molecular complexity index is 494. The van der Waals surface area contributed by atoms with Gasteiger partial charge in [-0.2, -0.15) is 0 Å². The van der Waals surface area contributed by atoms with Gasteiger partial charge in [0.25, 0.3) is 5.91 Å². The van der Waals surface area contributed by atoms with Crippen LogP contribution in [0.5, 0.6) is 0 Å². The Balaban J connectivity index is 0.00000242. The molecule has 0 aliphatic carbocycles. The van der Waals surface area contributed by atoms with E-state index in [1.165, 1.54) is 6.42 Å². The molecule has 1 aromatic rings. The van der Waals surface area contributed by atoms with Gasteiger partial charge in [-0.25, -0.2) is 0 Å². The molecule has 2 rings (SSSR count). The normalized spacial score (nSPS) is 18.5. The first-order valence-corrected chi connectivity index (χ1v) is 7.40. The van der Waals surface area contributed by atoms with Crippen LogP contribution in [0.3, 0.4) is 0 Å². The zero-order chi connectivity index (χ0) is 15.1. The Hall–Kier alpha value is -1.38. The minimum absolute atomic E-state index is 0. The molecule has 6 nitrogen and oxygen atoms in total. The van der Waals surface area contributed by atoms with E-state index >= 15 is 0 Å². The standard InChI is InChI=1S/C15H23N5O.HI/c1-12-4-3-9-20(11-12)15(16)19-8-7-18-14(21)13-5-2-6-17-10-13;/h2,5-6,10,12H,3-4,7-9,11H2,1H3,(H2,16,19)(H,18,21);1H. The summed E-state index contributed by atoms with van der Waals surface area (Å²) in [5.74, 6) is 1.11. The van der Waals surface area contributed by atoms with Gasteiger partial charge in [0.15, 0.2) is 5.96 Å². The second kappa shape index (κ2) is 9.60. The van der Waals surface area contributed by atoms with Gasteiger partial charge in [-0.1, -0.05) is 6.92 Å². The number of hydrogen-bond acceptors (Lipinski definition) is 3. The van der Waals surface area contributed by atoms with Crippen LogP contribution in [0.2, 0.25) is 0 Å². The molecule has 1 unspecified atom stereocenters. The summed E-state index contributed by atoms with van der Waals surface area (Å²) < 4.78 is 0. The number of nitrogens with zero attached hydrogens (tertiary/aromatic N) is 3. The third-order valence-corrected chi connectivity index (χ3v) is 3.58. The molecule has 1 fully saturated rings. The van der Waals surface area contributed by atoms with Gasteiger partial charge < -0.3 is 16.0 Å². The van der Waals surface area contributed by atoms with E-state index in [9.17, 15) is 4.79 Å². The summed E-state index contributed by atoms with van der Waals surface area (Å²) in [6, 6.07) is 3.47. The van der Waals surface area contributed by atoms with Crippen LogP contribution in [0.15, 0.2) is 29.5 Å². The number of piperidine rings is 1. The largest absolute Gasteiger partial charge is 0.370 e. The number of carbonyl (C=O) groups is 1. The molecule has 22 heavy (non-hydrogen) atoms.